The highest BCUT2D eigenvalue weighted by Crippen LogP contribution is 2.26. The van der Waals surface area contributed by atoms with Gasteiger partial charge in [-0.1, -0.05) is 12.1 Å². The van der Waals surface area contributed by atoms with E-state index in [0.29, 0.717) is 24.4 Å². The molecular weight excluding hydrogens is 410 g/mol. The first-order valence-electron chi connectivity index (χ1n) is 10.8. The first-order chi connectivity index (χ1) is 15.2. The summed E-state index contributed by atoms with van der Waals surface area (Å²) in [5.41, 5.74) is 1.84. The zero-order chi connectivity index (χ0) is 21.6. The van der Waals surface area contributed by atoms with E-state index in [2.05, 4.69) is 17.0 Å². The molecule has 0 aromatic heterocycles. The molecule has 0 spiro atoms. The molecule has 6 nitrogen and oxygen atoms in total. The number of amides is 2. The van der Waals surface area contributed by atoms with Crippen LogP contribution in [0.1, 0.15) is 23.2 Å². The second kappa shape index (κ2) is 10.1. The van der Waals surface area contributed by atoms with Crippen molar-refractivity contribution in [3.8, 4) is 5.75 Å². The Morgan fingerprint density at radius 3 is 2.23 bits per heavy atom. The number of nitrogens with zero attached hydrogens (tertiary/aromatic N) is 3. The van der Waals surface area contributed by atoms with E-state index in [1.165, 1.54) is 11.8 Å². The van der Waals surface area contributed by atoms with Gasteiger partial charge in [-0.15, -0.1) is 11.8 Å². The summed E-state index contributed by atoms with van der Waals surface area (Å²) in [6, 6.07) is 15.7. The molecule has 2 aliphatic rings. The van der Waals surface area contributed by atoms with Crippen molar-refractivity contribution in [3.05, 3.63) is 54.1 Å². The fourth-order valence-corrected chi connectivity index (χ4v) is 5.04. The smallest absolute Gasteiger partial charge is 0.255 e. The van der Waals surface area contributed by atoms with Crippen LogP contribution in [0, 0.1) is 0 Å². The second-order valence-electron chi connectivity index (χ2n) is 7.85. The molecule has 2 saturated heterocycles. The van der Waals surface area contributed by atoms with E-state index >= 15 is 0 Å². The summed E-state index contributed by atoms with van der Waals surface area (Å²) in [5, 5.41) is 0. The van der Waals surface area contributed by atoms with Crippen molar-refractivity contribution in [1.82, 2.24) is 9.80 Å². The molecule has 0 radical (unpaired) electrons. The highest BCUT2D eigenvalue weighted by Gasteiger charge is 2.25. The Morgan fingerprint density at radius 1 is 0.871 bits per heavy atom. The van der Waals surface area contributed by atoms with Gasteiger partial charge in [0, 0.05) is 49.9 Å². The molecule has 164 valence electrons. The molecule has 2 amide bonds. The maximum Gasteiger partial charge on any atom is 0.255 e. The molecule has 0 aliphatic carbocycles. The van der Waals surface area contributed by atoms with Gasteiger partial charge in [-0.2, -0.15) is 0 Å². The summed E-state index contributed by atoms with van der Waals surface area (Å²) in [4.78, 5) is 32.7. The number of hydrogen-bond donors (Lipinski definition) is 0. The van der Waals surface area contributed by atoms with Crippen molar-refractivity contribution in [1.29, 1.82) is 0 Å². The number of anilines is 1. The first kappa shape index (κ1) is 21.6. The highest BCUT2D eigenvalue weighted by atomic mass is 32.2. The molecule has 2 aliphatic heterocycles. The number of carbonyl (C=O) groups is 2. The normalized spacial score (nSPS) is 16.5. The molecule has 2 aromatic rings. The molecule has 0 unspecified atom stereocenters. The molecule has 0 saturated carbocycles. The van der Waals surface area contributed by atoms with Crippen LogP contribution in [0.15, 0.2) is 53.4 Å². The van der Waals surface area contributed by atoms with Gasteiger partial charge in [0.2, 0.25) is 5.91 Å². The van der Waals surface area contributed by atoms with E-state index in [-0.39, 0.29) is 11.8 Å². The summed E-state index contributed by atoms with van der Waals surface area (Å²) >= 11 is 1.47. The van der Waals surface area contributed by atoms with E-state index in [0.717, 1.165) is 55.4 Å². The molecular formula is C24H29N3O3S. The van der Waals surface area contributed by atoms with Crippen LogP contribution in [0.2, 0.25) is 0 Å². The summed E-state index contributed by atoms with van der Waals surface area (Å²) in [7, 11) is 1.66. The number of hydrogen-bond acceptors (Lipinski definition) is 5. The third-order valence-corrected chi connectivity index (χ3v) is 6.99. The number of rotatable bonds is 6. The van der Waals surface area contributed by atoms with Crippen LogP contribution >= 0.6 is 11.8 Å². The second-order valence-corrected chi connectivity index (χ2v) is 8.87. The first-order valence-corrected chi connectivity index (χ1v) is 11.8. The topological polar surface area (TPSA) is 53.1 Å². The zero-order valence-electron chi connectivity index (χ0n) is 18.0. The zero-order valence-corrected chi connectivity index (χ0v) is 18.8. The van der Waals surface area contributed by atoms with Crippen molar-refractivity contribution in [2.45, 2.75) is 17.7 Å². The van der Waals surface area contributed by atoms with Gasteiger partial charge >= 0.3 is 0 Å². The number of ether oxygens (including phenoxy) is 1. The quantitative estimate of drug-likeness (QED) is 0.646. The van der Waals surface area contributed by atoms with Crippen molar-refractivity contribution in [3.63, 3.8) is 0 Å². The molecule has 2 aromatic carbocycles. The number of thioether (sulfide) groups is 1. The Bertz CT molecular complexity index is 905. The fourth-order valence-electron chi connectivity index (χ4n) is 4.10. The predicted octanol–water partition coefficient (Wildman–Crippen LogP) is 3.37. The van der Waals surface area contributed by atoms with Gasteiger partial charge in [-0.3, -0.25) is 9.59 Å². The van der Waals surface area contributed by atoms with Gasteiger partial charge in [0.25, 0.3) is 5.91 Å². The van der Waals surface area contributed by atoms with Crippen LogP contribution in [0.25, 0.3) is 0 Å². The van der Waals surface area contributed by atoms with Gasteiger partial charge in [0.15, 0.2) is 0 Å². The molecule has 0 N–H and O–H groups in total. The lowest BCUT2D eigenvalue weighted by molar-refractivity contribution is -0.127. The lowest BCUT2D eigenvalue weighted by Crippen LogP contribution is -2.48. The summed E-state index contributed by atoms with van der Waals surface area (Å²) in [6.07, 6.45) is 2.18. The molecule has 7 heteroatoms. The van der Waals surface area contributed by atoms with Crippen LogP contribution in [-0.2, 0) is 4.79 Å². The Balaban J connectivity index is 1.35. The maximum absolute atomic E-state index is 13.2. The van der Waals surface area contributed by atoms with Gasteiger partial charge < -0.3 is 19.4 Å². The van der Waals surface area contributed by atoms with Gasteiger partial charge in [0.05, 0.1) is 18.4 Å². The van der Waals surface area contributed by atoms with E-state index < -0.39 is 0 Å². The lowest BCUT2D eigenvalue weighted by atomic mass is 10.1. The van der Waals surface area contributed by atoms with Crippen LogP contribution in [-0.4, -0.2) is 73.7 Å². The third-order valence-electron chi connectivity index (χ3n) is 5.93. The van der Waals surface area contributed by atoms with Crippen molar-refractivity contribution < 1.29 is 14.3 Å². The minimum absolute atomic E-state index is 0.0473. The van der Waals surface area contributed by atoms with Crippen molar-refractivity contribution >= 4 is 29.3 Å². The SMILES string of the molecule is COc1ccc(N2CCN(C(=O)c3ccccc3SCC(=O)N3CCCC3)CC2)cc1. The molecule has 0 atom stereocenters. The van der Waals surface area contributed by atoms with Gasteiger partial charge in [-0.05, 0) is 49.2 Å². The minimum atomic E-state index is 0.0473. The van der Waals surface area contributed by atoms with Crippen molar-refractivity contribution in [2.75, 3.05) is 57.0 Å². The number of methoxy groups -OCH3 is 1. The molecule has 2 fully saturated rings. The average Bonchev–Trinajstić information content (AvgIpc) is 3.38. The summed E-state index contributed by atoms with van der Waals surface area (Å²) in [6.45, 7) is 4.66. The Labute approximate surface area is 188 Å². The van der Waals surface area contributed by atoms with Gasteiger partial charge in [-0.25, -0.2) is 0 Å². The molecule has 2 heterocycles. The molecule has 4 rings (SSSR count). The molecule has 31 heavy (non-hydrogen) atoms. The summed E-state index contributed by atoms with van der Waals surface area (Å²) < 4.78 is 5.23. The Morgan fingerprint density at radius 2 is 1.55 bits per heavy atom. The predicted molar refractivity (Wildman–Crippen MR) is 124 cm³/mol. The average molecular weight is 440 g/mol. The Kier molecular flexibility index (Phi) is 7.02. The number of carbonyl (C=O) groups excluding carboxylic acids is 2. The fraction of sp³-hybridized carbons (Fsp3) is 0.417. The summed E-state index contributed by atoms with van der Waals surface area (Å²) in [5.74, 6) is 1.44. The number of piperazine rings is 1. The van der Waals surface area contributed by atoms with Gasteiger partial charge in [0.1, 0.15) is 5.75 Å². The largest absolute Gasteiger partial charge is 0.497 e. The van der Waals surface area contributed by atoms with Crippen molar-refractivity contribution in [2.24, 2.45) is 0 Å². The minimum Gasteiger partial charge on any atom is -0.497 e. The lowest BCUT2D eigenvalue weighted by Gasteiger charge is -2.36. The van der Waals surface area contributed by atoms with Crippen LogP contribution in [0.4, 0.5) is 5.69 Å². The third kappa shape index (κ3) is 5.15. The highest BCUT2D eigenvalue weighted by molar-refractivity contribution is 8.00. The van der Waals surface area contributed by atoms with E-state index in [1.807, 2.05) is 46.2 Å². The van der Waals surface area contributed by atoms with E-state index in [9.17, 15) is 9.59 Å². The number of benzene rings is 2. The molecule has 0 bridgehead atoms. The monoisotopic (exact) mass is 439 g/mol. The van der Waals surface area contributed by atoms with Crippen LogP contribution in [0.5, 0.6) is 5.75 Å². The van der Waals surface area contributed by atoms with E-state index in [1.54, 1.807) is 7.11 Å². The maximum atomic E-state index is 13.2. The Hall–Kier alpha value is -2.67. The number of likely N-dealkylation sites (tertiary alicyclic amines) is 1. The standard InChI is InChI=1S/C24H29N3O3S/c1-30-20-10-8-19(9-11-20)25-14-16-27(17-15-25)24(29)21-6-2-3-7-22(21)31-18-23(28)26-12-4-5-13-26/h2-3,6-11H,4-5,12-18H2,1H3. The van der Waals surface area contributed by atoms with Crippen LogP contribution in [0.3, 0.4) is 0 Å². The van der Waals surface area contributed by atoms with Crippen LogP contribution < -0.4 is 9.64 Å². The van der Waals surface area contributed by atoms with E-state index in [4.69, 9.17) is 4.74 Å².